The first-order chi connectivity index (χ1) is 15.4. The van der Waals surface area contributed by atoms with E-state index in [2.05, 4.69) is 39.8 Å². The van der Waals surface area contributed by atoms with Crippen LogP contribution in [0.25, 0.3) is 0 Å². The van der Waals surface area contributed by atoms with E-state index in [4.69, 9.17) is 0 Å². The summed E-state index contributed by atoms with van der Waals surface area (Å²) < 4.78 is 0. The van der Waals surface area contributed by atoms with Crippen LogP contribution < -0.4 is 15.5 Å². The van der Waals surface area contributed by atoms with Crippen LogP contribution in [-0.2, 0) is 9.59 Å². The summed E-state index contributed by atoms with van der Waals surface area (Å²) in [6, 6.07) is 20.5. The molecular formula is C26H27N3O2S. The van der Waals surface area contributed by atoms with Gasteiger partial charge < -0.3 is 15.5 Å². The topological polar surface area (TPSA) is 61.4 Å². The molecule has 6 heteroatoms. The number of carbonyl (C=O) groups excluding carboxylic acids is 2. The van der Waals surface area contributed by atoms with Gasteiger partial charge in [-0.3, -0.25) is 9.59 Å². The zero-order chi connectivity index (χ0) is 22.7. The van der Waals surface area contributed by atoms with Crippen molar-refractivity contribution in [2.45, 2.75) is 37.0 Å². The van der Waals surface area contributed by atoms with Gasteiger partial charge in [-0.2, -0.15) is 0 Å². The van der Waals surface area contributed by atoms with Gasteiger partial charge in [0.2, 0.25) is 11.8 Å². The van der Waals surface area contributed by atoms with E-state index < -0.39 is 0 Å². The van der Waals surface area contributed by atoms with Crippen molar-refractivity contribution >= 4 is 40.6 Å². The van der Waals surface area contributed by atoms with Gasteiger partial charge >= 0.3 is 0 Å². The number of nitrogens with zero attached hydrogens (tertiary/aromatic N) is 1. The molecule has 3 aromatic carbocycles. The van der Waals surface area contributed by atoms with Gasteiger partial charge in [-0.15, -0.1) is 0 Å². The van der Waals surface area contributed by atoms with Crippen molar-refractivity contribution < 1.29 is 9.59 Å². The third kappa shape index (κ3) is 4.81. The molecule has 0 aromatic heterocycles. The second-order valence-corrected chi connectivity index (χ2v) is 9.12. The molecule has 0 radical (unpaired) electrons. The van der Waals surface area contributed by atoms with Crippen LogP contribution in [0.3, 0.4) is 0 Å². The van der Waals surface area contributed by atoms with Gasteiger partial charge in [-0.1, -0.05) is 53.7 Å². The molecule has 0 fully saturated rings. The minimum absolute atomic E-state index is 0.0470. The highest BCUT2D eigenvalue weighted by Gasteiger charge is 2.23. The molecule has 1 heterocycles. The second kappa shape index (κ2) is 9.49. The zero-order valence-corrected chi connectivity index (χ0v) is 19.4. The summed E-state index contributed by atoms with van der Waals surface area (Å²) in [4.78, 5) is 29.5. The highest BCUT2D eigenvalue weighted by atomic mass is 32.2. The molecule has 0 atom stereocenters. The molecule has 4 rings (SSSR count). The molecular weight excluding hydrogens is 418 g/mol. The fourth-order valence-corrected chi connectivity index (χ4v) is 5.16. The van der Waals surface area contributed by atoms with Gasteiger partial charge in [-0.25, -0.2) is 0 Å². The number of para-hydroxylation sites is 2. The standard InChI is InChI=1S/C26H27N3O2S/c1-17-14-18(2)26(19(3)15-17)28-25(31)16-27-24(30)12-13-29-20-8-4-6-10-22(20)32-23-11-7-5-9-21(23)29/h4-11,14-15H,12-13,16H2,1-3H3,(H,27,30)(H,28,31). The van der Waals surface area contributed by atoms with E-state index >= 15 is 0 Å². The number of benzene rings is 3. The molecule has 164 valence electrons. The van der Waals surface area contributed by atoms with Crippen LogP contribution in [0.2, 0.25) is 0 Å². The summed E-state index contributed by atoms with van der Waals surface area (Å²) >= 11 is 1.74. The summed E-state index contributed by atoms with van der Waals surface area (Å²) in [5.41, 5.74) is 6.21. The number of hydrogen-bond donors (Lipinski definition) is 2. The van der Waals surface area contributed by atoms with Crippen molar-refractivity contribution in [3.05, 3.63) is 77.4 Å². The number of rotatable bonds is 6. The lowest BCUT2D eigenvalue weighted by Crippen LogP contribution is -2.35. The highest BCUT2D eigenvalue weighted by Crippen LogP contribution is 2.47. The Labute approximate surface area is 193 Å². The fourth-order valence-electron chi connectivity index (χ4n) is 4.06. The van der Waals surface area contributed by atoms with E-state index in [-0.39, 0.29) is 18.4 Å². The lowest BCUT2D eigenvalue weighted by Gasteiger charge is -2.32. The van der Waals surface area contributed by atoms with Gasteiger partial charge in [0.15, 0.2) is 0 Å². The van der Waals surface area contributed by atoms with E-state index in [1.165, 1.54) is 9.79 Å². The first kappa shape index (κ1) is 22.0. The van der Waals surface area contributed by atoms with Crippen molar-refractivity contribution in [1.82, 2.24) is 5.32 Å². The van der Waals surface area contributed by atoms with Crippen LogP contribution >= 0.6 is 11.8 Å². The summed E-state index contributed by atoms with van der Waals surface area (Å²) in [7, 11) is 0. The molecule has 2 amide bonds. The van der Waals surface area contributed by atoms with Crippen LogP contribution in [0, 0.1) is 20.8 Å². The largest absolute Gasteiger partial charge is 0.347 e. The molecule has 3 aromatic rings. The average molecular weight is 446 g/mol. The van der Waals surface area contributed by atoms with Crippen molar-refractivity contribution in [2.24, 2.45) is 0 Å². The zero-order valence-electron chi connectivity index (χ0n) is 18.6. The van der Waals surface area contributed by atoms with Crippen molar-refractivity contribution in [1.29, 1.82) is 0 Å². The predicted molar refractivity (Wildman–Crippen MR) is 131 cm³/mol. The Hall–Kier alpha value is -3.25. The Morgan fingerprint density at radius 3 is 2.00 bits per heavy atom. The molecule has 32 heavy (non-hydrogen) atoms. The molecule has 0 spiro atoms. The number of hydrogen-bond acceptors (Lipinski definition) is 4. The first-order valence-corrected chi connectivity index (χ1v) is 11.5. The number of amides is 2. The Bertz CT molecular complexity index is 1110. The average Bonchev–Trinajstić information content (AvgIpc) is 2.77. The Morgan fingerprint density at radius 2 is 1.41 bits per heavy atom. The van der Waals surface area contributed by atoms with E-state index in [1.807, 2.05) is 57.2 Å². The highest BCUT2D eigenvalue weighted by molar-refractivity contribution is 7.99. The molecule has 5 nitrogen and oxygen atoms in total. The second-order valence-electron chi connectivity index (χ2n) is 8.04. The smallest absolute Gasteiger partial charge is 0.243 e. The van der Waals surface area contributed by atoms with Gasteiger partial charge in [-0.05, 0) is 56.2 Å². The van der Waals surface area contributed by atoms with Crippen LogP contribution in [0.5, 0.6) is 0 Å². The quantitative estimate of drug-likeness (QED) is 0.536. The van der Waals surface area contributed by atoms with Crippen molar-refractivity contribution in [3.63, 3.8) is 0 Å². The van der Waals surface area contributed by atoms with Crippen molar-refractivity contribution in [3.8, 4) is 0 Å². The third-order valence-electron chi connectivity index (χ3n) is 5.48. The normalized spacial score (nSPS) is 12.0. The fraction of sp³-hybridized carbons (Fsp3) is 0.231. The van der Waals surface area contributed by atoms with Crippen molar-refractivity contribution in [2.75, 3.05) is 23.3 Å². The minimum Gasteiger partial charge on any atom is -0.347 e. The summed E-state index contributed by atoms with van der Waals surface area (Å²) in [5.74, 6) is -0.371. The van der Waals surface area contributed by atoms with E-state index in [0.29, 0.717) is 13.0 Å². The molecule has 0 saturated carbocycles. The van der Waals surface area contributed by atoms with E-state index in [1.54, 1.807) is 11.8 Å². The Kier molecular flexibility index (Phi) is 6.51. The SMILES string of the molecule is Cc1cc(C)c(NC(=O)CNC(=O)CCN2c3ccccc3Sc3ccccc32)c(C)c1. The summed E-state index contributed by atoms with van der Waals surface area (Å²) in [6.07, 6.45) is 0.295. The maximum absolute atomic E-state index is 12.5. The number of anilines is 3. The Balaban J connectivity index is 1.36. The number of aryl methyl sites for hydroxylation is 3. The molecule has 1 aliphatic heterocycles. The van der Waals surface area contributed by atoms with Crippen LogP contribution in [0.1, 0.15) is 23.1 Å². The summed E-state index contributed by atoms with van der Waals surface area (Å²) in [5, 5.41) is 5.68. The third-order valence-corrected chi connectivity index (χ3v) is 6.61. The minimum atomic E-state index is -0.224. The first-order valence-electron chi connectivity index (χ1n) is 10.7. The molecule has 0 bridgehead atoms. The molecule has 0 aliphatic carbocycles. The van der Waals surface area contributed by atoms with E-state index in [9.17, 15) is 9.59 Å². The van der Waals surface area contributed by atoms with Gasteiger partial charge in [0.1, 0.15) is 0 Å². The lowest BCUT2D eigenvalue weighted by atomic mass is 10.1. The molecule has 0 unspecified atom stereocenters. The molecule has 2 N–H and O–H groups in total. The van der Waals surface area contributed by atoms with Crippen LogP contribution in [0.15, 0.2) is 70.5 Å². The van der Waals surface area contributed by atoms with Crippen LogP contribution in [-0.4, -0.2) is 24.9 Å². The van der Waals surface area contributed by atoms with E-state index in [0.717, 1.165) is 33.8 Å². The number of carbonyl (C=O) groups is 2. The van der Waals surface area contributed by atoms with Gasteiger partial charge in [0, 0.05) is 28.4 Å². The molecule has 1 aliphatic rings. The van der Waals surface area contributed by atoms with Gasteiger partial charge in [0.05, 0.1) is 17.9 Å². The summed E-state index contributed by atoms with van der Waals surface area (Å²) in [6.45, 7) is 6.47. The maximum Gasteiger partial charge on any atom is 0.243 e. The predicted octanol–water partition coefficient (Wildman–Crippen LogP) is 5.36. The maximum atomic E-state index is 12.5. The number of fused-ring (bicyclic) bond motifs is 2. The molecule has 0 saturated heterocycles. The number of nitrogens with one attached hydrogen (secondary N) is 2. The monoisotopic (exact) mass is 445 g/mol. The Morgan fingerprint density at radius 1 is 0.844 bits per heavy atom. The van der Waals surface area contributed by atoms with Gasteiger partial charge in [0.25, 0.3) is 0 Å². The van der Waals surface area contributed by atoms with Crippen LogP contribution in [0.4, 0.5) is 17.1 Å². The lowest BCUT2D eigenvalue weighted by molar-refractivity contribution is -0.124.